The van der Waals surface area contributed by atoms with Gasteiger partial charge in [-0.25, -0.2) is 0 Å². The Labute approximate surface area is 222 Å². The fraction of sp³-hybridized carbons (Fsp3) is 0.346. The Morgan fingerprint density at radius 2 is 1.74 bits per heavy atom. The minimum atomic E-state index is -0.287. The zero-order chi connectivity index (χ0) is 24.7. The highest BCUT2D eigenvalue weighted by Crippen LogP contribution is 2.49. The van der Waals surface area contributed by atoms with E-state index in [0.717, 1.165) is 23.4 Å². The molecule has 0 unspecified atom stereocenters. The largest absolute Gasteiger partial charge is 0.490 e. The molecule has 2 bridgehead atoms. The lowest BCUT2D eigenvalue weighted by Gasteiger charge is -2.37. The van der Waals surface area contributed by atoms with Crippen molar-refractivity contribution in [1.82, 2.24) is 5.01 Å². The molecule has 2 aromatic carbocycles. The molecular weight excluding hydrogens is 555 g/mol. The van der Waals surface area contributed by atoms with E-state index in [2.05, 4.69) is 33.2 Å². The lowest BCUT2D eigenvalue weighted by atomic mass is 9.63. The van der Waals surface area contributed by atoms with Gasteiger partial charge in [-0.15, -0.1) is 0 Å². The minimum Gasteiger partial charge on any atom is -0.490 e. The monoisotopic (exact) mass is 576 g/mol. The van der Waals surface area contributed by atoms with Crippen LogP contribution in [0.2, 0.25) is 10.0 Å². The number of hydrazone groups is 1. The van der Waals surface area contributed by atoms with E-state index >= 15 is 0 Å². The van der Waals surface area contributed by atoms with Gasteiger partial charge in [0.2, 0.25) is 0 Å². The van der Waals surface area contributed by atoms with Crippen LogP contribution in [0.1, 0.15) is 30.9 Å². The second kappa shape index (κ2) is 9.96. The minimum absolute atomic E-state index is 0.130. The van der Waals surface area contributed by atoms with Gasteiger partial charge >= 0.3 is 0 Å². The molecule has 4 atom stereocenters. The van der Waals surface area contributed by atoms with Gasteiger partial charge in [0, 0.05) is 15.6 Å². The van der Waals surface area contributed by atoms with E-state index < -0.39 is 0 Å². The lowest BCUT2D eigenvalue weighted by Crippen LogP contribution is -2.38. The molecule has 3 aliphatic carbocycles. The van der Waals surface area contributed by atoms with Crippen molar-refractivity contribution in [1.29, 1.82) is 0 Å². The molecule has 2 aromatic rings. The number of rotatable bonds is 7. The molecule has 1 aliphatic heterocycles. The maximum Gasteiger partial charge on any atom is 0.254 e. The van der Waals surface area contributed by atoms with Gasteiger partial charge in [-0.05, 0) is 77.4 Å². The second-order valence-corrected chi connectivity index (χ2v) is 10.6. The Morgan fingerprint density at radius 1 is 1.06 bits per heavy atom. The molecule has 182 valence electrons. The van der Waals surface area contributed by atoms with Gasteiger partial charge in [0.15, 0.2) is 11.5 Å². The topological polar surface area (TPSA) is 68.2 Å². The van der Waals surface area contributed by atoms with Crippen LogP contribution in [0, 0.1) is 23.7 Å². The van der Waals surface area contributed by atoms with Crippen LogP contribution in [-0.2, 0) is 16.2 Å². The molecule has 0 radical (unpaired) electrons. The van der Waals surface area contributed by atoms with Crippen LogP contribution < -0.4 is 9.47 Å². The Bertz CT molecular complexity index is 1220. The summed E-state index contributed by atoms with van der Waals surface area (Å²) >= 11 is 15.8. The predicted molar refractivity (Wildman–Crippen MR) is 138 cm³/mol. The third kappa shape index (κ3) is 4.61. The first-order chi connectivity index (χ1) is 16.9. The van der Waals surface area contributed by atoms with Crippen molar-refractivity contribution in [3.8, 4) is 11.5 Å². The number of fused-ring (bicyclic) bond motifs is 1. The van der Waals surface area contributed by atoms with Crippen LogP contribution in [0.4, 0.5) is 0 Å². The molecule has 6 nitrogen and oxygen atoms in total. The number of amides is 2. The number of carbonyl (C=O) groups is 2. The summed E-state index contributed by atoms with van der Waals surface area (Å²) < 4.78 is 12.5. The molecule has 9 heteroatoms. The lowest BCUT2D eigenvalue weighted by molar-refractivity contribution is -0.140. The van der Waals surface area contributed by atoms with Gasteiger partial charge in [0.05, 0.1) is 29.1 Å². The van der Waals surface area contributed by atoms with E-state index in [1.165, 1.54) is 6.21 Å². The maximum absolute atomic E-state index is 13.0. The first-order valence-electron chi connectivity index (χ1n) is 11.5. The van der Waals surface area contributed by atoms with Crippen LogP contribution in [0.3, 0.4) is 0 Å². The standard InChI is InChI=1S/C26H23BrCl2N2O4/c1-2-34-21-10-14(9-19(27)24(21)35-13-17-7-8-18(28)11-20(17)29)12-30-31-25(32)22-15-3-4-16(6-5-15)23(22)26(31)33/h3-4,7-12,15-16,22-23H,2,5-6,13H2,1H3/b30-12-/t15-,16-,22-,23-/m1/s1. The van der Waals surface area contributed by atoms with Crippen molar-refractivity contribution >= 4 is 57.2 Å². The Hall–Kier alpha value is -2.35. The molecule has 1 saturated heterocycles. The molecular formula is C26H23BrCl2N2O4. The van der Waals surface area contributed by atoms with E-state index in [-0.39, 0.29) is 42.1 Å². The zero-order valence-electron chi connectivity index (χ0n) is 18.9. The van der Waals surface area contributed by atoms with Crippen molar-refractivity contribution in [3.05, 3.63) is 68.1 Å². The highest BCUT2D eigenvalue weighted by atomic mass is 79.9. The van der Waals surface area contributed by atoms with Crippen LogP contribution in [0.15, 0.2) is 52.1 Å². The number of imide groups is 1. The number of hydrogen-bond acceptors (Lipinski definition) is 5. The summed E-state index contributed by atoms with van der Waals surface area (Å²) in [6, 6.07) is 8.79. The first kappa shape index (κ1) is 24.3. The summed E-state index contributed by atoms with van der Waals surface area (Å²) in [6.07, 6.45) is 7.60. The summed E-state index contributed by atoms with van der Waals surface area (Å²) in [4.78, 5) is 26.0. The van der Waals surface area contributed by atoms with E-state index in [1.54, 1.807) is 24.3 Å². The Morgan fingerprint density at radius 3 is 2.34 bits per heavy atom. The van der Waals surface area contributed by atoms with Gasteiger partial charge in [0.1, 0.15) is 6.61 Å². The van der Waals surface area contributed by atoms with E-state index in [0.29, 0.717) is 38.2 Å². The van der Waals surface area contributed by atoms with Crippen molar-refractivity contribution in [2.75, 3.05) is 6.61 Å². The van der Waals surface area contributed by atoms with Crippen molar-refractivity contribution in [2.24, 2.45) is 28.8 Å². The molecule has 6 rings (SSSR count). The van der Waals surface area contributed by atoms with Gasteiger partial charge in [0.25, 0.3) is 11.8 Å². The molecule has 0 N–H and O–H groups in total. The third-order valence-corrected chi connectivity index (χ3v) is 7.95. The van der Waals surface area contributed by atoms with Gasteiger partial charge < -0.3 is 9.47 Å². The molecule has 2 fully saturated rings. The predicted octanol–water partition coefficient (Wildman–Crippen LogP) is 6.26. The number of ether oxygens (including phenoxy) is 2. The molecule has 0 spiro atoms. The Balaban J connectivity index is 1.36. The smallest absolute Gasteiger partial charge is 0.254 e. The highest BCUT2D eigenvalue weighted by molar-refractivity contribution is 9.10. The number of nitrogens with zero attached hydrogens (tertiary/aromatic N) is 2. The first-order valence-corrected chi connectivity index (χ1v) is 13.1. The molecule has 2 amide bonds. The van der Waals surface area contributed by atoms with Crippen LogP contribution in [0.25, 0.3) is 0 Å². The summed E-state index contributed by atoms with van der Waals surface area (Å²) in [5.74, 6) is 0.282. The summed E-state index contributed by atoms with van der Waals surface area (Å²) in [7, 11) is 0. The molecule has 35 heavy (non-hydrogen) atoms. The zero-order valence-corrected chi connectivity index (χ0v) is 22.0. The number of allylic oxidation sites excluding steroid dienone is 2. The average molecular weight is 578 g/mol. The number of hydrogen-bond donors (Lipinski definition) is 0. The molecule has 4 aliphatic rings. The second-order valence-electron chi connectivity index (χ2n) is 8.86. The Kier molecular flexibility index (Phi) is 6.93. The normalized spacial score (nSPS) is 25.0. The third-order valence-electron chi connectivity index (χ3n) is 6.78. The SMILES string of the molecule is CCOc1cc(/C=N\N2C(=O)[C@H]3[C@H](C2=O)[C@@H]2C=C[C@@H]3CC2)cc(Br)c1OCc1ccc(Cl)cc1Cl. The number of benzene rings is 2. The van der Waals surface area contributed by atoms with E-state index in [9.17, 15) is 9.59 Å². The number of halogens is 3. The average Bonchev–Trinajstić information content (AvgIpc) is 3.11. The van der Waals surface area contributed by atoms with Gasteiger partial charge in [-0.2, -0.15) is 10.1 Å². The molecule has 1 heterocycles. The van der Waals surface area contributed by atoms with Gasteiger partial charge in [-0.3, -0.25) is 9.59 Å². The quantitative estimate of drug-likeness (QED) is 0.221. The van der Waals surface area contributed by atoms with E-state index in [4.69, 9.17) is 32.7 Å². The summed E-state index contributed by atoms with van der Waals surface area (Å²) in [5, 5.41) is 6.41. The van der Waals surface area contributed by atoms with Crippen molar-refractivity contribution < 1.29 is 19.1 Å². The van der Waals surface area contributed by atoms with Gasteiger partial charge in [-0.1, -0.05) is 41.4 Å². The van der Waals surface area contributed by atoms with Crippen LogP contribution in [0.5, 0.6) is 11.5 Å². The van der Waals surface area contributed by atoms with E-state index in [1.807, 2.05) is 13.0 Å². The van der Waals surface area contributed by atoms with Crippen molar-refractivity contribution in [2.45, 2.75) is 26.4 Å². The highest BCUT2D eigenvalue weighted by Gasteiger charge is 2.56. The fourth-order valence-corrected chi connectivity index (χ4v) is 6.19. The number of carbonyl (C=O) groups excluding carboxylic acids is 2. The van der Waals surface area contributed by atoms with Crippen molar-refractivity contribution in [3.63, 3.8) is 0 Å². The molecule has 1 saturated carbocycles. The summed E-state index contributed by atoms with van der Waals surface area (Å²) in [6.45, 7) is 2.52. The maximum atomic E-state index is 13.0. The van der Waals surface area contributed by atoms with Crippen LogP contribution >= 0.6 is 39.1 Å². The molecule has 0 aromatic heterocycles. The fourth-order valence-electron chi connectivity index (χ4n) is 5.15. The van der Waals surface area contributed by atoms with Crippen LogP contribution in [-0.4, -0.2) is 29.6 Å². The summed E-state index contributed by atoms with van der Waals surface area (Å²) in [5.41, 5.74) is 1.45.